The first-order valence-electron chi connectivity index (χ1n) is 15.0. The number of fused-ring (bicyclic) bond motifs is 6. The van der Waals surface area contributed by atoms with Gasteiger partial charge in [-0.3, -0.25) is 0 Å². The summed E-state index contributed by atoms with van der Waals surface area (Å²) in [6, 6.07) is 71.5. The molecule has 0 N–H and O–H groups in total. The van der Waals surface area contributed by atoms with Crippen molar-refractivity contribution in [1.82, 2.24) is 0 Å². The average Bonchev–Trinajstić information content (AvgIpc) is 3.12. The van der Waals surface area contributed by atoms with Crippen molar-refractivity contribution in [3.8, 4) is 0 Å². The minimum atomic E-state index is 1.31. The third-order valence-electron chi connectivity index (χ3n) is 7.63. The molecule has 9 aromatic rings. The van der Waals surface area contributed by atoms with Gasteiger partial charge in [0.15, 0.2) is 0 Å². The first-order valence-corrected chi connectivity index (χ1v) is 15.0. The van der Waals surface area contributed by atoms with Crippen LogP contribution in [0.25, 0.3) is 53.9 Å². The van der Waals surface area contributed by atoms with Crippen LogP contribution in [0, 0.1) is 0 Å². The van der Waals surface area contributed by atoms with E-state index in [9.17, 15) is 0 Å². The summed E-state index contributed by atoms with van der Waals surface area (Å²) in [6.07, 6.45) is 0. The summed E-state index contributed by atoms with van der Waals surface area (Å²) in [5, 5.41) is 13.2. The van der Waals surface area contributed by atoms with Gasteiger partial charge in [0.1, 0.15) is 0 Å². The van der Waals surface area contributed by atoms with Gasteiger partial charge in [-0.25, -0.2) is 0 Å². The normalized spacial score (nSPS) is 10.3. The molecule has 0 heteroatoms. The van der Waals surface area contributed by atoms with Gasteiger partial charge in [0.2, 0.25) is 0 Å². The maximum absolute atomic E-state index is 2.18. The summed E-state index contributed by atoms with van der Waals surface area (Å²) in [7, 11) is 0. The Morgan fingerprint density at radius 1 is 0.136 bits per heavy atom. The molecule has 0 bridgehead atoms. The third kappa shape index (κ3) is 7.18. The van der Waals surface area contributed by atoms with Crippen LogP contribution in [-0.2, 0) is 0 Å². The van der Waals surface area contributed by atoms with E-state index in [0.717, 1.165) is 0 Å². The second kappa shape index (κ2) is 14.4. The van der Waals surface area contributed by atoms with Crippen LogP contribution in [-0.4, -0.2) is 0 Å². The van der Waals surface area contributed by atoms with Gasteiger partial charge in [-0.2, -0.15) is 0 Å². The number of benzene rings is 9. The Balaban J connectivity index is 0.000000105. The Bertz CT molecular complexity index is 1820. The Morgan fingerprint density at radius 3 is 0.500 bits per heavy atom. The predicted octanol–water partition coefficient (Wildman–Crippen LogP) is 12.5. The van der Waals surface area contributed by atoms with E-state index in [0.29, 0.717) is 0 Å². The van der Waals surface area contributed by atoms with E-state index >= 15 is 0 Å². The van der Waals surface area contributed by atoms with Crippen molar-refractivity contribution in [3.63, 3.8) is 0 Å². The van der Waals surface area contributed by atoms with E-state index in [-0.39, 0.29) is 0 Å². The molecular formula is C44H34. The summed E-state index contributed by atoms with van der Waals surface area (Å²) < 4.78 is 0. The van der Waals surface area contributed by atoms with Gasteiger partial charge in [0.25, 0.3) is 0 Å². The molecule has 0 nitrogen and oxygen atoms in total. The summed E-state index contributed by atoms with van der Waals surface area (Å²) in [6.45, 7) is 0. The second-order valence-electron chi connectivity index (χ2n) is 10.5. The zero-order valence-corrected chi connectivity index (χ0v) is 24.6. The monoisotopic (exact) mass is 562 g/mol. The molecule has 0 aliphatic heterocycles. The molecule has 0 saturated carbocycles. The standard InChI is InChI=1S/C14H10.3C10H8/c1-3-7-13-11(5-1)9-10-12-6-2-4-8-14(12)13;3*1-2-6-10-8-4-3-7-9(10)5-1/h1-10H;3*1-8H. The highest BCUT2D eigenvalue weighted by Gasteiger charge is 1.97. The zero-order chi connectivity index (χ0) is 29.8. The molecule has 44 heavy (non-hydrogen) atoms. The van der Waals surface area contributed by atoms with Crippen molar-refractivity contribution < 1.29 is 0 Å². The number of hydrogen-bond acceptors (Lipinski definition) is 0. The van der Waals surface area contributed by atoms with Crippen molar-refractivity contribution >= 4 is 53.9 Å². The first-order chi connectivity index (χ1) is 21.8. The van der Waals surface area contributed by atoms with Gasteiger partial charge >= 0.3 is 0 Å². The van der Waals surface area contributed by atoms with Crippen LogP contribution in [0.2, 0.25) is 0 Å². The fraction of sp³-hybridized carbons (Fsp3) is 0. The Morgan fingerprint density at radius 2 is 0.295 bits per heavy atom. The van der Waals surface area contributed by atoms with E-state index in [1.807, 2.05) is 0 Å². The molecule has 0 aromatic heterocycles. The van der Waals surface area contributed by atoms with Gasteiger partial charge < -0.3 is 0 Å². The van der Waals surface area contributed by atoms with Crippen molar-refractivity contribution in [3.05, 3.63) is 206 Å². The summed E-state index contributed by atoms with van der Waals surface area (Å²) in [5.74, 6) is 0. The van der Waals surface area contributed by atoms with Crippen molar-refractivity contribution in [2.24, 2.45) is 0 Å². The van der Waals surface area contributed by atoms with Crippen LogP contribution >= 0.6 is 0 Å². The van der Waals surface area contributed by atoms with Crippen molar-refractivity contribution in [1.29, 1.82) is 0 Å². The molecule has 0 aliphatic carbocycles. The molecule has 0 fully saturated rings. The lowest BCUT2D eigenvalue weighted by atomic mass is 10.0. The van der Waals surface area contributed by atoms with E-state index < -0.39 is 0 Å². The zero-order valence-electron chi connectivity index (χ0n) is 24.6. The number of hydrogen-bond donors (Lipinski definition) is 0. The minimum absolute atomic E-state index is 1.31. The lowest BCUT2D eigenvalue weighted by molar-refractivity contribution is 1.75. The molecule has 0 saturated heterocycles. The molecule has 0 aliphatic rings. The van der Waals surface area contributed by atoms with Gasteiger partial charge in [-0.05, 0) is 53.9 Å². The average molecular weight is 563 g/mol. The SMILES string of the molecule is c1ccc2c(c1)ccc1ccccc12.c1ccc2ccccc2c1.c1ccc2ccccc2c1.c1ccc2ccccc2c1. The summed E-state index contributed by atoms with van der Waals surface area (Å²) in [5.41, 5.74) is 0. The topological polar surface area (TPSA) is 0 Å². The van der Waals surface area contributed by atoms with Crippen LogP contribution in [0.15, 0.2) is 206 Å². The summed E-state index contributed by atoms with van der Waals surface area (Å²) >= 11 is 0. The quantitative estimate of drug-likeness (QED) is 0.161. The third-order valence-corrected chi connectivity index (χ3v) is 7.63. The lowest BCUT2D eigenvalue weighted by Gasteiger charge is -2.02. The Hall–Kier alpha value is -5.72. The lowest BCUT2D eigenvalue weighted by Crippen LogP contribution is -1.75. The molecule has 9 aromatic carbocycles. The van der Waals surface area contributed by atoms with Crippen LogP contribution in [0.3, 0.4) is 0 Å². The molecule has 0 heterocycles. The highest BCUT2D eigenvalue weighted by Crippen LogP contribution is 2.24. The van der Waals surface area contributed by atoms with Crippen molar-refractivity contribution in [2.75, 3.05) is 0 Å². The fourth-order valence-electron chi connectivity index (χ4n) is 5.35. The predicted molar refractivity (Wildman–Crippen MR) is 193 cm³/mol. The van der Waals surface area contributed by atoms with Crippen LogP contribution in [0.4, 0.5) is 0 Å². The van der Waals surface area contributed by atoms with Crippen LogP contribution in [0.1, 0.15) is 0 Å². The summed E-state index contributed by atoms with van der Waals surface area (Å²) in [4.78, 5) is 0. The highest BCUT2D eigenvalue weighted by molar-refractivity contribution is 6.07. The van der Waals surface area contributed by atoms with E-state index in [2.05, 4.69) is 206 Å². The Labute approximate surface area is 259 Å². The molecular weight excluding hydrogens is 528 g/mol. The first kappa shape index (κ1) is 28.4. The number of rotatable bonds is 0. The van der Waals surface area contributed by atoms with E-state index in [1.165, 1.54) is 53.9 Å². The molecule has 0 atom stereocenters. The molecule has 0 radical (unpaired) electrons. The highest BCUT2D eigenvalue weighted by atomic mass is 14.0. The smallest absolute Gasteiger partial charge is 0.0105 e. The molecule has 0 unspecified atom stereocenters. The van der Waals surface area contributed by atoms with Gasteiger partial charge in [0, 0.05) is 0 Å². The molecule has 0 amide bonds. The van der Waals surface area contributed by atoms with Crippen LogP contribution < -0.4 is 0 Å². The minimum Gasteiger partial charge on any atom is -0.0616 e. The maximum Gasteiger partial charge on any atom is -0.0105 e. The molecule has 210 valence electrons. The Kier molecular flexibility index (Phi) is 9.33. The van der Waals surface area contributed by atoms with Gasteiger partial charge in [-0.15, -0.1) is 0 Å². The molecule has 0 spiro atoms. The van der Waals surface area contributed by atoms with Crippen LogP contribution in [0.5, 0.6) is 0 Å². The maximum atomic E-state index is 2.18. The van der Waals surface area contributed by atoms with E-state index in [1.54, 1.807) is 0 Å². The van der Waals surface area contributed by atoms with Gasteiger partial charge in [0.05, 0.1) is 0 Å². The molecule has 9 rings (SSSR count). The van der Waals surface area contributed by atoms with Crippen molar-refractivity contribution in [2.45, 2.75) is 0 Å². The van der Waals surface area contributed by atoms with E-state index in [4.69, 9.17) is 0 Å². The largest absolute Gasteiger partial charge is 0.0616 e. The second-order valence-corrected chi connectivity index (χ2v) is 10.5. The van der Waals surface area contributed by atoms with Gasteiger partial charge in [-0.1, -0.05) is 206 Å². The fourth-order valence-corrected chi connectivity index (χ4v) is 5.35.